The van der Waals surface area contributed by atoms with Gasteiger partial charge in [-0.1, -0.05) is 30.3 Å². The molecule has 0 fully saturated rings. The van der Waals surface area contributed by atoms with Crippen LogP contribution in [0.15, 0.2) is 71.1 Å². The highest BCUT2D eigenvalue weighted by atomic mass is 32.1. The first kappa shape index (κ1) is 18.9. The van der Waals surface area contributed by atoms with Crippen LogP contribution < -0.4 is 15.6 Å². The Labute approximate surface area is 171 Å². The van der Waals surface area contributed by atoms with E-state index in [0.717, 1.165) is 11.1 Å². The van der Waals surface area contributed by atoms with E-state index in [4.69, 9.17) is 4.74 Å². The van der Waals surface area contributed by atoms with Crippen LogP contribution in [0.5, 0.6) is 5.75 Å². The number of ether oxygens (including phenoxy) is 1. The van der Waals surface area contributed by atoms with Crippen LogP contribution >= 0.6 is 11.3 Å². The minimum atomic E-state index is -0.718. The molecular formula is C22H19N3O3S. The number of fused-ring (bicyclic) bond motifs is 1. The molecule has 0 aliphatic carbocycles. The number of methoxy groups -OCH3 is 1. The van der Waals surface area contributed by atoms with Crippen molar-refractivity contribution in [1.29, 1.82) is 0 Å². The molecule has 1 amide bonds. The fraction of sp³-hybridized carbons (Fsp3) is 0.136. The van der Waals surface area contributed by atoms with Gasteiger partial charge in [0.25, 0.3) is 5.56 Å². The molecule has 1 atom stereocenters. The van der Waals surface area contributed by atoms with E-state index >= 15 is 0 Å². The zero-order valence-electron chi connectivity index (χ0n) is 16.0. The second kappa shape index (κ2) is 7.89. The molecule has 6 nitrogen and oxygen atoms in total. The maximum absolute atomic E-state index is 13.2. The van der Waals surface area contributed by atoms with Gasteiger partial charge in [-0.25, -0.2) is 4.98 Å². The minimum Gasteiger partial charge on any atom is -0.497 e. The fourth-order valence-corrected chi connectivity index (χ4v) is 4.01. The number of rotatable bonds is 5. The molecule has 0 saturated carbocycles. The van der Waals surface area contributed by atoms with E-state index in [9.17, 15) is 9.59 Å². The van der Waals surface area contributed by atoms with Crippen LogP contribution in [0.4, 0.5) is 5.69 Å². The molecular weight excluding hydrogens is 386 g/mol. The lowest BCUT2D eigenvalue weighted by atomic mass is 10.1. The van der Waals surface area contributed by atoms with Crippen molar-refractivity contribution in [1.82, 2.24) is 9.55 Å². The van der Waals surface area contributed by atoms with Crippen molar-refractivity contribution in [3.05, 3.63) is 76.7 Å². The summed E-state index contributed by atoms with van der Waals surface area (Å²) in [7, 11) is 1.58. The van der Waals surface area contributed by atoms with Crippen LogP contribution in [0.1, 0.15) is 13.0 Å². The number of anilines is 1. The third-order valence-corrected chi connectivity index (χ3v) is 5.64. The zero-order valence-corrected chi connectivity index (χ0v) is 16.8. The molecule has 0 bridgehead atoms. The lowest BCUT2D eigenvalue weighted by Gasteiger charge is -2.15. The zero-order chi connectivity index (χ0) is 20.4. The molecule has 2 aromatic heterocycles. The van der Waals surface area contributed by atoms with Crippen molar-refractivity contribution in [2.75, 3.05) is 12.4 Å². The van der Waals surface area contributed by atoms with Crippen LogP contribution in [-0.2, 0) is 4.79 Å². The first-order valence-electron chi connectivity index (χ1n) is 9.07. The largest absolute Gasteiger partial charge is 0.497 e. The quantitative estimate of drug-likeness (QED) is 0.536. The summed E-state index contributed by atoms with van der Waals surface area (Å²) < 4.78 is 6.50. The van der Waals surface area contributed by atoms with Gasteiger partial charge in [-0.15, -0.1) is 11.3 Å². The number of nitrogens with one attached hydrogen (secondary N) is 1. The average Bonchev–Trinajstić information content (AvgIpc) is 3.20. The van der Waals surface area contributed by atoms with E-state index in [0.29, 0.717) is 21.7 Å². The summed E-state index contributed by atoms with van der Waals surface area (Å²) in [5.41, 5.74) is 2.18. The smallest absolute Gasteiger partial charge is 0.263 e. The topological polar surface area (TPSA) is 73.2 Å². The monoisotopic (exact) mass is 405 g/mol. The lowest BCUT2D eigenvalue weighted by Crippen LogP contribution is -2.31. The summed E-state index contributed by atoms with van der Waals surface area (Å²) in [5.74, 6) is 0.405. The molecule has 2 aromatic carbocycles. The molecule has 1 N–H and O–H groups in total. The van der Waals surface area contributed by atoms with Crippen molar-refractivity contribution < 1.29 is 9.53 Å². The van der Waals surface area contributed by atoms with Crippen molar-refractivity contribution in [3.8, 4) is 16.9 Å². The van der Waals surface area contributed by atoms with Crippen LogP contribution in [-0.4, -0.2) is 22.6 Å². The number of hydrogen-bond acceptors (Lipinski definition) is 5. The van der Waals surface area contributed by atoms with Crippen LogP contribution in [0, 0.1) is 0 Å². The summed E-state index contributed by atoms with van der Waals surface area (Å²) in [6.45, 7) is 1.68. The van der Waals surface area contributed by atoms with Crippen molar-refractivity contribution >= 4 is 33.1 Å². The second-order valence-corrected chi connectivity index (χ2v) is 7.40. The summed E-state index contributed by atoms with van der Waals surface area (Å²) in [6, 6.07) is 16.0. The SMILES string of the molecule is COc1ccc(NC(=O)C(C)n2cnc3scc(-c4ccccc4)c3c2=O)cc1. The highest BCUT2D eigenvalue weighted by Crippen LogP contribution is 2.30. The van der Waals surface area contributed by atoms with E-state index in [2.05, 4.69) is 10.3 Å². The Kier molecular flexibility index (Phi) is 5.14. The minimum absolute atomic E-state index is 0.229. The van der Waals surface area contributed by atoms with Crippen LogP contribution in [0.2, 0.25) is 0 Å². The Balaban J connectivity index is 1.67. The molecule has 0 aliphatic rings. The van der Waals surface area contributed by atoms with Crippen molar-refractivity contribution in [3.63, 3.8) is 0 Å². The number of nitrogens with zero attached hydrogens (tertiary/aromatic N) is 2. The molecule has 2 heterocycles. The Morgan fingerprint density at radius 2 is 1.86 bits per heavy atom. The van der Waals surface area contributed by atoms with Gasteiger partial charge in [0, 0.05) is 16.6 Å². The summed E-state index contributed by atoms with van der Waals surface area (Å²) in [5, 5.41) is 5.29. The van der Waals surface area contributed by atoms with Gasteiger partial charge in [0.15, 0.2) is 0 Å². The number of thiophene rings is 1. The van der Waals surface area contributed by atoms with E-state index in [1.807, 2.05) is 35.7 Å². The van der Waals surface area contributed by atoms with Crippen LogP contribution in [0.25, 0.3) is 21.3 Å². The molecule has 7 heteroatoms. The van der Waals surface area contributed by atoms with Gasteiger partial charge in [0.05, 0.1) is 18.8 Å². The summed E-state index contributed by atoms with van der Waals surface area (Å²) in [6.07, 6.45) is 1.44. The van der Waals surface area contributed by atoms with E-state index in [1.54, 1.807) is 38.3 Å². The van der Waals surface area contributed by atoms with Gasteiger partial charge >= 0.3 is 0 Å². The van der Waals surface area contributed by atoms with Crippen molar-refractivity contribution in [2.24, 2.45) is 0 Å². The molecule has 0 saturated heterocycles. The summed E-state index contributed by atoms with van der Waals surface area (Å²) in [4.78, 5) is 31.0. The highest BCUT2D eigenvalue weighted by Gasteiger charge is 2.20. The van der Waals surface area contributed by atoms with E-state index in [1.165, 1.54) is 22.2 Å². The van der Waals surface area contributed by atoms with E-state index in [-0.39, 0.29) is 11.5 Å². The first-order valence-corrected chi connectivity index (χ1v) is 9.95. The van der Waals surface area contributed by atoms with Gasteiger partial charge in [0.2, 0.25) is 5.91 Å². The van der Waals surface area contributed by atoms with Crippen molar-refractivity contribution in [2.45, 2.75) is 13.0 Å². The van der Waals surface area contributed by atoms with E-state index < -0.39 is 6.04 Å². The van der Waals surface area contributed by atoms with Gasteiger partial charge in [-0.2, -0.15) is 0 Å². The predicted octanol–water partition coefficient (Wildman–Crippen LogP) is 4.33. The maximum Gasteiger partial charge on any atom is 0.263 e. The molecule has 146 valence electrons. The van der Waals surface area contributed by atoms with Gasteiger partial charge in [-0.3, -0.25) is 14.2 Å². The van der Waals surface area contributed by atoms with Gasteiger partial charge in [0.1, 0.15) is 16.6 Å². The molecule has 0 aliphatic heterocycles. The fourth-order valence-electron chi connectivity index (χ4n) is 3.10. The predicted molar refractivity (Wildman–Crippen MR) is 116 cm³/mol. The third-order valence-electron chi connectivity index (χ3n) is 4.76. The Morgan fingerprint density at radius 1 is 1.14 bits per heavy atom. The molecule has 29 heavy (non-hydrogen) atoms. The highest BCUT2D eigenvalue weighted by molar-refractivity contribution is 7.17. The second-order valence-electron chi connectivity index (χ2n) is 6.55. The molecule has 4 rings (SSSR count). The summed E-state index contributed by atoms with van der Waals surface area (Å²) >= 11 is 1.42. The Morgan fingerprint density at radius 3 is 2.55 bits per heavy atom. The number of carbonyl (C=O) groups is 1. The lowest BCUT2D eigenvalue weighted by molar-refractivity contribution is -0.118. The van der Waals surface area contributed by atoms with Gasteiger partial charge in [-0.05, 0) is 36.8 Å². The first-order chi connectivity index (χ1) is 14.1. The number of benzene rings is 2. The molecule has 0 spiro atoms. The van der Waals surface area contributed by atoms with Crippen LogP contribution in [0.3, 0.4) is 0 Å². The number of amides is 1. The molecule has 4 aromatic rings. The Hall–Kier alpha value is -3.45. The normalized spacial score (nSPS) is 11.9. The van der Waals surface area contributed by atoms with Gasteiger partial charge < -0.3 is 10.1 Å². The Bertz CT molecular complexity index is 1210. The molecule has 0 radical (unpaired) electrons. The number of carbonyl (C=O) groups excluding carboxylic acids is 1. The number of aromatic nitrogens is 2. The molecule has 1 unspecified atom stereocenters. The maximum atomic E-state index is 13.2. The standard InChI is InChI=1S/C22H19N3O3S/c1-14(20(26)24-16-8-10-17(28-2)11-9-16)25-13-23-21-19(22(25)27)18(12-29-21)15-6-4-3-5-7-15/h3-14H,1-2H3,(H,24,26). The third kappa shape index (κ3) is 3.64. The average molecular weight is 405 g/mol. The number of hydrogen-bond donors (Lipinski definition) is 1.